The maximum absolute atomic E-state index is 13.0. The van der Waals surface area contributed by atoms with E-state index < -0.39 is 17.6 Å². The van der Waals surface area contributed by atoms with Crippen LogP contribution >= 0.6 is 11.6 Å². The molecule has 0 atom stereocenters. The smallest absolute Gasteiger partial charge is 0.303 e. The van der Waals surface area contributed by atoms with Gasteiger partial charge >= 0.3 is 5.97 Å². The highest BCUT2D eigenvalue weighted by Crippen LogP contribution is 2.22. The van der Waals surface area contributed by atoms with Crippen molar-refractivity contribution < 1.29 is 23.5 Å². The Hall–Kier alpha value is -1.49. The summed E-state index contributed by atoms with van der Waals surface area (Å²) in [6.45, 7) is 0. The van der Waals surface area contributed by atoms with Crippen LogP contribution in [0.3, 0.4) is 0 Å². The quantitative estimate of drug-likeness (QED) is 0.471. The average molecular weight is 291 g/mol. The highest BCUT2D eigenvalue weighted by atomic mass is 35.5. The summed E-state index contributed by atoms with van der Waals surface area (Å²) in [5.41, 5.74) is -0.0428. The van der Waals surface area contributed by atoms with Crippen LogP contribution < -0.4 is 0 Å². The highest BCUT2D eigenvalue weighted by Gasteiger charge is 2.14. The molecule has 0 aliphatic rings. The molecule has 0 saturated carbocycles. The fraction of sp³-hybridized carbons (Fsp3) is 0.385. The van der Waals surface area contributed by atoms with Crippen molar-refractivity contribution in [2.45, 2.75) is 32.1 Å². The van der Waals surface area contributed by atoms with E-state index in [1.807, 2.05) is 0 Å². The number of rotatable bonds is 7. The van der Waals surface area contributed by atoms with Crippen molar-refractivity contribution in [1.29, 1.82) is 0 Å². The molecule has 0 saturated heterocycles. The Morgan fingerprint density at radius 1 is 1.05 bits per heavy atom. The first-order chi connectivity index (χ1) is 8.91. The number of carboxylic acids is 1. The van der Waals surface area contributed by atoms with Crippen LogP contribution in [0.25, 0.3) is 0 Å². The first-order valence-corrected chi connectivity index (χ1v) is 6.19. The van der Waals surface area contributed by atoms with Crippen LogP contribution in [0.15, 0.2) is 12.1 Å². The lowest BCUT2D eigenvalue weighted by Crippen LogP contribution is -2.02. The predicted molar refractivity (Wildman–Crippen MR) is 66.4 cm³/mol. The molecule has 0 amide bonds. The zero-order valence-corrected chi connectivity index (χ0v) is 10.8. The molecule has 0 aromatic heterocycles. The number of carboxylic acid groups (broad SMARTS) is 1. The Balaban J connectivity index is 2.50. The number of hydrogen-bond acceptors (Lipinski definition) is 2. The number of hydrogen-bond donors (Lipinski definition) is 1. The van der Waals surface area contributed by atoms with Crippen LogP contribution in [0.5, 0.6) is 0 Å². The van der Waals surface area contributed by atoms with Crippen LogP contribution in [0, 0.1) is 11.6 Å². The summed E-state index contributed by atoms with van der Waals surface area (Å²) in [6, 6.07) is 1.56. The van der Waals surface area contributed by atoms with Gasteiger partial charge in [-0.05, 0) is 25.0 Å². The lowest BCUT2D eigenvalue weighted by Gasteiger charge is -2.04. The van der Waals surface area contributed by atoms with Gasteiger partial charge in [0.15, 0.2) is 17.4 Å². The van der Waals surface area contributed by atoms with Gasteiger partial charge in [-0.3, -0.25) is 9.59 Å². The third-order valence-corrected chi connectivity index (χ3v) is 2.92. The molecule has 0 aliphatic heterocycles. The van der Waals surface area contributed by atoms with E-state index in [9.17, 15) is 18.4 Å². The van der Waals surface area contributed by atoms with E-state index in [1.54, 1.807) is 0 Å². The van der Waals surface area contributed by atoms with Crippen molar-refractivity contribution in [3.05, 3.63) is 34.4 Å². The van der Waals surface area contributed by atoms with Crippen molar-refractivity contribution in [3.8, 4) is 0 Å². The summed E-state index contributed by atoms with van der Waals surface area (Å²) in [4.78, 5) is 22.0. The van der Waals surface area contributed by atoms with E-state index in [-0.39, 0.29) is 29.2 Å². The molecule has 1 aromatic carbocycles. The second-order valence-electron chi connectivity index (χ2n) is 4.12. The molecule has 3 nitrogen and oxygen atoms in total. The molecule has 1 aromatic rings. The predicted octanol–water partition coefficient (Wildman–Crippen LogP) is 3.84. The van der Waals surface area contributed by atoms with E-state index in [0.717, 1.165) is 12.1 Å². The van der Waals surface area contributed by atoms with Crippen LogP contribution in [0.4, 0.5) is 8.78 Å². The molecule has 0 spiro atoms. The zero-order valence-electron chi connectivity index (χ0n) is 10.1. The van der Waals surface area contributed by atoms with Gasteiger partial charge in [-0.25, -0.2) is 8.78 Å². The molecular formula is C13H13ClF2O3. The molecule has 6 heteroatoms. The molecule has 1 rings (SSSR count). The SMILES string of the molecule is O=C(O)CCCCCC(=O)c1cc(F)c(F)cc1Cl. The number of Topliss-reactive ketones (excluding diaryl/α,β-unsaturated/α-hetero) is 1. The minimum absolute atomic E-state index is 0.0428. The minimum atomic E-state index is -1.11. The Labute approximate surface area is 114 Å². The molecule has 1 N–H and O–H groups in total. The van der Waals surface area contributed by atoms with E-state index >= 15 is 0 Å². The Morgan fingerprint density at radius 2 is 1.63 bits per heavy atom. The minimum Gasteiger partial charge on any atom is -0.481 e. The van der Waals surface area contributed by atoms with Gasteiger partial charge < -0.3 is 5.11 Å². The summed E-state index contributed by atoms with van der Waals surface area (Å²) in [5, 5.41) is 8.32. The van der Waals surface area contributed by atoms with Crippen molar-refractivity contribution >= 4 is 23.4 Å². The third kappa shape index (κ3) is 4.95. The first-order valence-electron chi connectivity index (χ1n) is 5.81. The van der Waals surface area contributed by atoms with Gasteiger partial charge in [0.1, 0.15) is 0 Å². The molecule has 0 bridgehead atoms. The maximum Gasteiger partial charge on any atom is 0.303 e. The van der Waals surface area contributed by atoms with Gasteiger partial charge in [0.25, 0.3) is 0 Å². The number of ketones is 1. The number of aliphatic carboxylic acids is 1. The van der Waals surface area contributed by atoms with E-state index in [1.165, 1.54) is 0 Å². The van der Waals surface area contributed by atoms with Gasteiger partial charge in [-0.15, -0.1) is 0 Å². The molecule has 0 heterocycles. The normalized spacial score (nSPS) is 10.5. The molecule has 0 unspecified atom stereocenters. The number of carbonyl (C=O) groups excluding carboxylic acids is 1. The van der Waals surface area contributed by atoms with E-state index in [4.69, 9.17) is 16.7 Å². The lowest BCUT2D eigenvalue weighted by molar-refractivity contribution is -0.137. The third-order valence-electron chi connectivity index (χ3n) is 2.60. The van der Waals surface area contributed by atoms with Crippen LogP contribution in [0.2, 0.25) is 5.02 Å². The van der Waals surface area contributed by atoms with Gasteiger partial charge in [0.05, 0.1) is 5.02 Å². The maximum atomic E-state index is 13.0. The lowest BCUT2D eigenvalue weighted by atomic mass is 10.0. The zero-order chi connectivity index (χ0) is 14.4. The van der Waals surface area contributed by atoms with Gasteiger partial charge in [-0.1, -0.05) is 18.0 Å². The van der Waals surface area contributed by atoms with Gasteiger partial charge in [0.2, 0.25) is 0 Å². The monoisotopic (exact) mass is 290 g/mol. The summed E-state index contributed by atoms with van der Waals surface area (Å²) >= 11 is 5.67. The topological polar surface area (TPSA) is 54.4 Å². The number of benzene rings is 1. The fourth-order valence-electron chi connectivity index (χ4n) is 1.61. The van der Waals surface area contributed by atoms with Crippen molar-refractivity contribution in [2.75, 3.05) is 0 Å². The van der Waals surface area contributed by atoms with Crippen LogP contribution in [-0.2, 0) is 4.79 Å². The fourth-order valence-corrected chi connectivity index (χ4v) is 1.87. The Kier molecular flexibility index (Phi) is 5.89. The molecule has 0 radical (unpaired) electrons. The van der Waals surface area contributed by atoms with Gasteiger partial charge in [0, 0.05) is 18.4 Å². The first kappa shape index (κ1) is 15.6. The van der Waals surface area contributed by atoms with Crippen LogP contribution in [0.1, 0.15) is 42.5 Å². The standard InChI is InChI=1S/C13H13ClF2O3/c14-9-7-11(16)10(15)6-8(9)12(17)4-2-1-3-5-13(18)19/h6-7H,1-5H2,(H,18,19). The second-order valence-corrected chi connectivity index (χ2v) is 4.53. The summed E-state index contributed by atoms with van der Waals surface area (Å²) in [6.07, 6.45) is 1.74. The average Bonchev–Trinajstić information content (AvgIpc) is 2.32. The van der Waals surface area contributed by atoms with E-state index in [2.05, 4.69) is 0 Å². The van der Waals surface area contributed by atoms with E-state index in [0.29, 0.717) is 19.3 Å². The van der Waals surface area contributed by atoms with Crippen molar-refractivity contribution in [1.82, 2.24) is 0 Å². The van der Waals surface area contributed by atoms with Gasteiger partial charge in [-0.2, -0.15) is 0 Å². The number of halogens is 3. The van der Waals surface area contributed by atoms with Crippen LogP contribution in [-0.4, -0.2) is 16.9 Å². The number of carbonyl (C=O) groups is 2. The van der Waals surface area contributed by atoms with Crippen molar-refractivity contribution in [2.24, 2.45) is 0 Å². The summed E-state index contributed by atoms with van der Waals surface area (Å²) in [7, 11) is 0. The van der Waals surface area contributed by atoms with Crippen molar-refractivity contribution in [3.63, 3.8) is 0 Å². The molecule has 0 aliphatic carbocycles. The Morgan fingerprint density at radius 3 is 2.26 bits per heavy atom. The second kappa shape index (κ2) is 7.19. The highest BCUT2D eigenvalue weighted by molar-refractivity contribution is 6.33. The largest absolute Gasteiger partial charge is 0.481 e. The summed E-state index contributed by atoms with van der Waals surface area (Å²) < 4.78 is 25.8. The summed E-state index contributed by atoms with van der Waals surface area (Å²) in [5.74, 6) is -3.46. The molecule has 19 heavy (non-hydrogen) atoms. The molecule has 104 valence electrons. The Bertz CT molecular complexity index is 489. The molecule has 0 fully saturated rings. The number of unbranched alkanes of at least 4 members (excludes halogenated alkanes) is 2. The molecular weight excluding hydrogens is 278 g/mol.